The lowest BCUT2D eigenvalue weighted by atomic mass is 10.3. The molecule has 0 unspecified atom stereocenters. The summed E-state index contributed by atoms with van der Waals surface area (Å²) >= 11 is 0. The molecule has 12 heavy (non-hydrogen) atoms. The predicted octanol–water partition coefficient (Wildman–Crippen LogP) is -0.651. The van der Waals surface area contributed by atoms with Crippen molar-refractivity contribution < 1.29 is 9.59 Å². The first kappa shape index (κ1) is 9.19. The highest BCUT2D eigenvalue weighted by Gasteiger charge is 2.15. The summed E-state index contributed by atoms with van der Waals surface area (Å²) < 4.78 is 0. The van der Waals surface area contributed by atoms with E-state index in [0.29, 0.717) is 6.54 Å². The topological polar surface area (TPSA) is 40.6 Å². The van der Waals surface area contributed by atoms with E-state index in [2.05, 4.69) is 4.90 Å². The number of hydrogen-bond donors (Lipinski definition) is 0. The summed E-state index contributed by atoms with van der Waals surface area (Å²) in [4.78, 5) is 24.9. The van der Waals surface area contributed by atoms with E-state index in [1.54, 1.807) is 11.8 Å². The Morgan fingerprint density at radius 1 is 1.33 bits per heavy atom. The van der Waals surface area contributed by atoms with Crippen LogP contribution in [0.4, 0.5) is 0 Å². The highest BCUT2D eigenvalue weighted by Crippen LogP contribution is 1.98. The van der Waals surface area contributed by atoms with E-state index in [4.69, 9.17) is 0 Å². The van der Waals surface area contributed by atoms with Crippen molar-refractivity contribution in [3.05, 3.63) is 0 Å². The van der Waals surface area contributed by atoms with Crippen LogP contribution in [0.25, 0.3) is 0 Å². The van der Waals surface area contributed by atoms with E-state index in [-0.39, 0.29) is 5.78 Å². The summed E-state index contributed by atoms with van der Waals surface area (Å²) in [6.07, 6.45) is 0.866. The smallest absolute Gasteiger partial charge is 0.209 e. The molecular weight excluding hydrogens is 156 g/mol. The lowest BCUT2D eigenvalue weighted by Crippen LogP contribution is -2.46. The van der Waals surface area contributed by atoms with Crippen LogP contribution in [0.1, 0.15) is 6.92 Å². The lowest BCUT2D eigenvalue weighted by Gasteiger charge is -2.31. The van der Waals surface area contributed by atoms with Gasteiger partial charge in [-0.05, 0) is 6.92 Å². The molecule has 68 valence electrons. The third-order valence-electron chi connectivity index (χ3n) is 2.00. The van der Waals surface area contributed by atoms with Crippen LogP contribution in [-0.4, -0.2) is 54.7 Å². The number of nitrogens with zero attached hydrogens (tertiary/aromatic N) is 2. The summed E-state index contributed by atoms with van der Waals surface area (Å²) in [6.45, 7) is 5.24. The van der Waals surface area contributed by atoms with Gasteiger partial charge in [0.1, 0.15) is 5.78 Å². The maximum atomic E-state index is 10.7. The van der Waals surface area contributed by atoms with Crippen LogP contribution in [0.3, 0.4) is 0 Å². The molecular formula is C8H14N2O2. The number of hydrogen-bond acceptors (Lipinski definition) is 3. The minimum Gasteiger partial charge on any atom is -0.343 e. The standard InChI is InChI=1S/C8H14N2O2/c1-8(12)6-9-2-4-10(7-11)5-3-9/h7H,2-6H2,1H3. The van der Waals surface area contributed by atoms with Crippen molar-refractivity contribution in [3.8, 4) is 0 Å². The molecule has 0 spiro atoms. The van der Waals surface area contributed by atoms with Gasteiger partial charge in [0.25, 0.3) is 0 Å². The Morgan fingerprint density at radius 2 is 1.92 bits per heavy atom. The Bertz CT molecular complexity index is 174. The molecule has 1 aliphatic heterocycles. The molecule has 0 aromatic rings. The molecule has 4 nitrogen and oxygen atoms in total. The third kappa shape index (κ3) is 2.62. The minimum absolute atomic E-state index is 0.189. The molecule has 1 aliphatic rings. The van der Waals surface area contributed by atoms with Crippen LogP contribution in [-0.2, 0) is 9.59 Å². The van der Waals surface area contributed by atoms with E-state index < -0.39 is 0 Å². The summed E-state index contributed by atoms with van der Waals surface area (Å²) in [5, 5.41) is 0. The number of carbonyl (C=O) groups is 2. The van der Waals surface area contributed by atoms with Crippen LogP contribution in [0, 0.1) is 0 Å². The Hall–Kier alpha value is -0.900. The van der Waals surface area contributed by atoms with Crippen molar-refractivity contribution in [3.63, 3.8) is 0 Å². The highest BCUT2D eigenvalue weighted by molar-refractivity contribution is 5.77. The van der Waals surface area contributed by atoms with Gasteiger partial charge in [-0.25, -0.2) is 0 Å². The number of rotatable bonds is 3. The minimum atomic E-state index is 0.189. The van der Waals surface area contributed by atoms with Gasteiger partial charge in [0.05, 0.1) is 6.54 Å². The van der Waals surface area contributed by atoms with Crippen molar-refractivity contribution in [2.75, 3.05) is 32.7 Å². The van der Waals surface area contributed by atoms with Crippen LogP contribution in [0.5, 0.6) is 0 Å². The fourth-order valence-corrected chi connectivity index (χ4v) is 1.34. The summed E-state index contributed by atoms with van der Waals surface area (Å²) in [5.41, 5.74) is 0. The van der Waals surface area contributed by atoms with Crippen molar-refractivity contribution in [2.24, 2.45) is 0 Å². The van der Waals surface area contributed by atoms with Gasteiger partial charge in [-0.1, -0.05) is 0 Å². The first-order chi connectivity index (χ1) is 5.72. The third-order valence-corrected chi connectivity index (χ3v) is 2.00. The predicted molar refractivity (Wildman–Crippen MR) is 44.8 cm³/mol. The van der Waals surface area contributed by atoms with Crippen LogP contribution >= 0.6 is 0 Å². The number of carbonyl (C=O) groups excluding carboxylic acids is 2. The fourth-order valence-electron chi connectivity index (χ4n) is 1.34. The van der Waals surface area contributed by atoms with E-state index >= 15 is 0 Å². The van der Waals surface area contributed by atoms with Crippen LogP contribution in [0.15, 0.2) is 0 Å². The second-order valence-corrected chi connectivity index (χ2v) is 3.12. The number of amides is 1. The molecule has 1 heterocycles. The molecule has 0 radical (unpaired) electrons. The molecule has 0 saturated carbocycles. The van der Waals surface area contributed by atoms with Gasteiger partial charge in [-0.15, -0.1) is 0 Å². The Labute approximate surface area is 72.1 Å². The van der Waals surface area contributed by atoms with E-state index in [1.807, 2.05) is 0 Å². The highest BCUT2D eigenvalue weighted by atomic mass is 16.1. The number of ketones is 1. The molecule has 1 rings (SSSR count). The Balaban J connectivity index is 2.26. The molecule has 0 aromatic carbocycles. The van der Waals surface area contributed by atoms with Gasteiger partial charge in [0.15, 0.2) is 0 Å². The first-order valence-electron chi connectivity index (χ1n) is 4.13. The number of piperazine rings is 1. The van der Waals surface area contributed by atoms with Crippen LogP contribution in [0.2, 0.25) is 0 Å². The molecule has 0 bridgehead atoms. The molecule has 1 amide bonds. The Morgan fingerprint density at radius 3 is 2.33 bits per heavy atom. The molecule has 1 fully saturated rings. The average Bonchev–Trinajstić information content (AvgIpc) is 2.05. The van der Waals surface area contributed by atoms with E-state index in [0.717, 1.165) is 32.6 Å². The zero-order chi connectivity index (χ0) is 8.97. The van der Waals surface area contributed by atoms with Gasteiger partial charge in [-0.2, -0.15) is 0 Å². The van der Waals surface area contributed by atoms with Crippen molar-refractivity contribution in [1.29, 1.82) is 0 Å². The van der Waals surface area contributed by atoms with Gasteiger partial charge in [0, 0.05) is 26.2 Å². The Kier molecular flexibility index (Phi) is 3.22. The second-order valence-electron chi connectivity index (χ2n) is 3.12. The zero-order valence-electron chi connectivity index (χ0n) is 7.32. The molecule has 0 N–H and O–H groups in total. The zero-order valence-corrected chi connectivity index (χ0v) is 7.32. The van der Waals surface area contributed by atoms with Crippen molar-refractivity contribution in [2.45, 2.75) is 6.92 Å². The maximum absolute atomic E-state index is 10.7. The van der Waals surface area contributed by atoms with Gasteiger partial charge in [-0.3, -0.25) is 14.5 Å². The SMILES string of the molecule is CC(=O)CN1CCN(C=O)CC1. The van der Waals surface area contributed by atoms with Gasteiger partial charge in [0.2, 0.25) is 6.41 Å². The maximum Gasteiger partial charge on any atom is 0.209 e. The van der Waals surface area contributed by atoms with E-state index in [1.165, 1.54) is 0 Å². The van der Waals surface area contributed by atoms with Crippen molar-refractivity contribution >= 4 is 12.2 Å². The van der Waals surface area contributed by atoms with Gasteiger partial charge < -0.3 is 4.90 Å². The summed E-state index contributed by atoms with van der Waals surface area (Å²) in [5.74, 6) is 0.189. The van der Waals surface area contributed by atoms with Crippen LogP contribution < -0.4 is 0 Å². The van der Waals surface area contributed by atoms with Crippen molar-refractivity contribution in [1.82, 2.24) is 9.80 Å². The quantitative estimate of drug-likeness (QED) is 0.528. The molecule has 4 heteroatoms. The first-order valence-corrected chi connectivity index (χ1v) is 4.13. The van der Waals surface area contributed by atoms with Gasteiger partial charge >= 0.3 is 0 Å². The van der Waals surface area contributed by atoms with E-state index in [9.17, 15) is 9.59 Å². The summed E-state index contributed by atoms with van der Waals surface area (Å²) in [7, 11) is 0. The molecule has 0 aliphatic carbocycles. The monoisotopic (exact) mass is 170 g/mol. The second kappa shape index (κ2) is 4.21. The molecule has 0 aromatic heterocycles. The normalized spacial score (nSPS) is 19.2. The molecule has 1 saturated heterocycles. The molecule has 0 atom stereocenters. The fraction of sp³-hybridized carbons (Fsp3) is 0.750. The summed E-state index contributed by atoms with van der Waals surface area (Å²) in [6, 6.07) is 0. The largest absolute Gasteiger partial charge is 0.343 e. The lowest BCUT2D eigenvalue weighted by molar-refractivity contribution is -0.121. The number of Topliss-reactive ketones (excluding diaryl/α,β-unsaturated/α-hetero) is 1. The average molecular weight is 170 g/mol.